The van der Waals surface area contributed by atoms with Crippen LogP contribution in [0, 0.1) is 0 Å². The molecule has 5 nitrogen and oxygen atoms in total. The highest BCUT2D eigenvalue weighted by molar-refractivity contribution is 7.99. The molecule has 0 radical (unpaired) electrons. The van der Waals surface area contributed by atoms with Crippen LogP contribution in [0.25, 0.3) is 0 Å². The van der Waals surface area contributed by atoms with E-state index >= 15 is 0 Å². The van der Waals surface area contributed by atoms with Gasteiger partial charge in [-0.15, -0.1) is 0 Å². The van der Waals surface area contributed by atoms with Gasteiger partial charge in [-0.05, 0) is 51.8 Å². The molecule has 0 unspecified atom stereocenters. The topological polar surface area (TPSA) is 58.6 Å². The van der Waals surface area contributed by atoms with Crippen LogP contribution < -0.4 is 5.32 Å². The number of nitrogens with one attached hydrogen (secondary N) is 1. The van der Waals surface area contributed by atoms with E-state index in [0.717, 1.165) is 0 Å². The molecule has 2 rings (SSSR count). The third-order valence-corrected chi connectivity index (χ3v) is 4.21. The molecule has 1 N–H and O–H groups in total. The minimum absolute atomic E-state index is 0.345. The van der Waals surface area contributed by atoms with E-state index in [2.05, 4.69) is 5.32 Å². The molecule has 1 atom stereocenters. The predicted octanol–water partition coefficient (Wildman–Crippen LogP) is 4.34. The van der Waals surface area contributed by atoms with Gasteiger partial charge in [0.2, 0.25) is 5.91 Å². The summed E-state index contributed by atoms with van der Waals surface area (Å²) in [5.41, 5.74) is -0.215. The molecule has 0 spiro atoms. The van der Waals surface area contributed by atoms with Crippen LogP contribution in [0.5, 0.6) is 0 Å². The monoisotopic (exact) mass is 372 g/mol. The van der Waals surface area contributed by atoms with Gasteiger partial charge >= 0.3 is 6.09 Å². The number of hydrogen-bond donors (Lipinski definition) is 1. The number of amides is 2. The number of likely N-dealkylation sites (tertiary alicyclic amines) is 1. The lowest BCUT2D eigenvalue weighted by Gasteiger charge is -2.28. The van der Waals surface area contributed by atoms with E-state index in [1.165, 1.54) is 11.0 Å². The number of benzene rings is 1. The third-order valence-electron chi connectivity index (χ3n) is 3.51. The average Bonchev–Trinajstić information content (AvgIpc) is 2.94. The van der Waals surface area contributed by atoms with Gasteiger partial charge in [-0.25, -0.2) is 4.79 Å². The van der Waals surface area contributed by atoms with Gasteiger partial charge in [0, 0.05) is 17.1 Å². The molecule has 1 saturated heterocycles. The Morgan fingerprint density at radius 1 is 1.36 bits per heavy atom. The molecule has 25 heavy (non-hydrogen) atoms. The molecule has 0 bridgehead atoms. The zero-order chi connectivity index (χ0) is 18.6. The summed E-state index contributed by atoms with van der Waals surface area (Å²) in [6.07, 6.45) is 0.724. The van der Waals surface area contributed by atoms with Crippen LogP contribution in [0.3, 0.4) is 0 Å². The maximum absolute atomic E-state index is 12.5. The molecule has 2 amide bonds. The largest absolute Gasteiger partial charge is 0.444 e. The van der Waals surface area contributed by atoms with Crippen molar-refractivity contribution in [3.05, 3.63) is 24.3 Å². The van der Waals surface area contributed by atoms with E-state index < -0.39 is 23.5 Å². The molecule has 0 saturated carbocycles. The summed E-state index contributed by atoms with van der Waals surface area (Å²) < 4.78 is 30.2. The number of carbonyl (C=O) groups excluding carboxylic acids is 2. The maximum Gasteiger partial charge on any atom is 0.410 e. The van der Waals surface area contributed by atoms with Crippen molar-refractivity contribution >= 4 is 29.4 Å². The van der Waals surface area contributed by atoms with Gasteiger partial charge in [-0.1, -0.05) is 17.8 Å². The van der Waals surface area contributed by atoms with Gasteiger partial charge < -0.3 is 10.1 Å². The molecule has 0 aromatic heterocycles. The molecule has 1 aromatic rings. The van der Waals surface area contributed by atoms with Crippen LogP contribution in [0.15, 0.2) is 29.2 Å². The first-order valence-corrected chi connectivity index (χ1v) is 8.89. The molecule has 1 fully saturated rings. The highest BCUT2D eigenvalue weighted by Crippen LogP contribution is 2.28. The number of ether oxygens (including phenoxy) is 1. The summed E-state index contributed by atoms with van der Waals surface area (Å²) in [6.45, 7) is 5.75. The molecular weight excluding hydrogens is 350 g/mol. The standard InChI is InChI=1S/C17H22F2N2O3S/c1-17(2,3)24-16(23)21-9-5-8-13(21)14(22)20-11-6-4-7-12(10-11)25-15(18)19/h4,6-7,10,13,15H,5,8-9H2,1-3H3,(H,20,22)/t13-/m0/s1. The Hall–Kier alpha value is -1.83. The van der Waals surface area contributed by atoms with Crippen LogP contribution in [0.1, 0.15) is 33.6 Å². The zero-order valence-corrected chi connectivity index (χ0v) is 15.2. The Morgan fingerprint density at radius 3 is 2.72 bits per heavy atom. The molecule has 1 aromatic carbocycles. The fourth-order valence-corrected chi connectivity index (χ4v) is 3.11. The number of halogens is 2. The van der Waals surface area contributed by atoms with Crippen molar-refractivity contribution in [2.75, 3.05) is 11.9 Å². The number of carbonyl (C=O) groups is 2. The fraction of sp³-hybridized carbons (Fsp3) is 0.529. The van der Waals surface area contributed by atoms with Gasteiger partial charge in [-0.2, -0.15) is 8.78 Å². The normalized spacial score (nSPS) is 17.7. The number of anilines is 1. The van der Waals surface area contributed by atoms with Gasteiger partial charge in [0.15, 0.2) is 0 Å². The Bertz CT molecular complexity index is 635. The van der Waals surface area contributed by atoms with E-state index in [1.54, 1.807) is 39.0 Å². The van der Waals surface area contributed by atoms with Crippen molar-refractivity contribution in [3.8, 4) is 0 Å². The Labute approximate surface area is 150 Å². The van der Waals surface area contributed by atoms with E-state index in [-0.39, 0.29) is 5.91 Å². The van der Waals surface area contributed by atoms with Gasteiger partial charge in [0.05, 0.1) is 0 Å². The van der Waals surface area contributed by atoms with Crippen LogP contribution in [0.2, 0.25) is 0 Å². The van der Waals surface area contributed by atoms with Crippen LogP contribution in [-0.4, -0.2) is 40.8 Å². The predicted molar refractivity (Wildman–Crippen MR) is 92.9 cm³/mol. The second kappa shape index (κ2) is 8.03. The first-order chi connectivity index (χ1) is 11.7. The van der Waals surface area contributed by atoms with E-state index in [4.69, 9.17) is 4.74 Å². The van der Waals surface area contributed by atoms with Crippen molar-refractivity contribution < 1.29 is 23.1 Å². The number of hydrogen-bond acceptors (Lipinski definition) is 4. The molecular formula is C17H22F2N2O3S. The maximum atomic E-state index is 12.5. The van der Waals surface area contributed by atoms with Crippen LogP contribution >= 0.6 is 11.8 Å². The molecule has 1 aliphatic rings. The fourth-order valence-electron chi connectivity index (χ4n) is 2.55. The summed E-state index contributed by atoms with van der Waals surface area (Å²) in [4.78, 5) is 26.5. The van der Waals surface area contributed by atoms with E-state index in [0.29, 0.717) is 41.7 Å². The summed E-state index contributed by atoms with van der Waals surface area (Å²) >= 11 is 0.415. The van der Waals surface area contributed by atoms with E-state index in [1.807, 2.05) is 0 Å². The number of nitrogens with zero attached hydrogens (tertiary/aromatic N) is 1. The van der Waals surface area contributed by atoms with Crippen molar-refractivity contribution in [1.82, 2.24) is 4.90 Å². The molecule has 1 aliphatic heterocycles. The second-order valence-electron chi connectivity index (χ2n) is 6.73. The van der Waals surface area contributed by atoms with Crippen molar-refractivity contribution in [2.45, 2.75) is 55.9 Å². The average molecular weight is 372 g/mol. The minimum Gasteiger partial charge on any atom is -0.444 e. The highest BCUT2D eigenvalue weighted by atomic mass is 32.2. The van der Waals surface area contributed by atoms with Crippen LogP contribution in [0.4, 0.5) is 19.3 Å². The summed E-state index contributed by atoms with van der Waals surface area (Å²) in [5, 5.41) is 2.70. The lowest BCUT2D eigenvalue weighted by atomic mass is 10.2. The number of thioether (sulfide) groups is 1. The van der Waals surface area contributed by atoms with Gasteiger partial charge in [0.1, 0.15) is 11.6 Å². The molecule has 1 heterocycles. The SMILES string of the molecule is CC(C)(C)OC(=O)N1CCC[C@H]1C(=O)Nc1cccc(SC(F)F)c1. The van der Waals surface area contributed by atoms with Crippen molar-refractivity contribution in [2.24, 2.45) is 0 Å². The second-order valence-corrected chi connectivity index (χ2v) is 7.79. The molecule has 138 valence electrons. The van der Waals surface area contributed by atoms with Gasteiger partial charge in [-0.3, -0.25) is 9.69 Å². The molecule has 0 aliphatic carbocycles. The van der Waals surface area contributed by atoms with Crippen molar-refractivity contribution in [1.29, 1.82) is 0 Å². The first kappa shape index (κ1) is 19.5. The number of alkyl halides is 2. The third kappa shape index (κ3) is 5.88. The Balaban J connectivity index is 2.03. The molecule has 8 heteroatoms. The van der Waals surface area contributed by atoms with Crippen LogP contribution in [-0.2, 0) is 9.53 Å². The van der Waals surface area contributed by atoms with Gasteiger partial charge in [0.25, 0.3) is 5.76 Å². The summed E-state index contributed by atoms with van der Waals surface area (Å²) in [7, 11) is 0. The Kier molecular flexibility index (Phi) is 6.26. The minimum atomic E-state index is -2.52. The summed E-state index contributed by atoms with van der Waals surface area (Å²) in [6, 6.07) is 5.64. The highest BCUT2D eigenvalue weighted by Gasteiger charge is 2.36. The first-order valence-electron chi connectivity index (χ1n) is 8.01. The lowest BCUT2D eigenvalue weighted by molar-refractivity contribution is -0.120. The number of rotatable bonds is 4. The zero-order valence-electron chi connectivity index (χ0n) is 14.4. The van der Waals surface area contributed by atoms with Crippen molar-refractivity contribution in [3.63, 3.8) is 0 Å². The Morgan fingerprint density at radius 2 is 2.08 bits per heavy atom. The smallest absolute Gasteiger partial charge is 0.410 e. The quantitative estimate of drug-likeness (QED) is 0.799. The van der Waals surface area contributed by atoms with E-state index in [9.17, 15) is 18.4 Å². The summed E-state index contributed by atoms with van der Waals surface area (Å²) in [5.74, 6) is -2.87. The lowest BCUT2D eigenvalue weighted by Crippen LogP contribution is -2.45.